The number of alkyl halides is 3. The number of carbonyl (C=O) groups is 1. The zero-order valence-electron chi connectivity index (χ0n) is 17.8. The Morgan fingerprint density at radius 3 is 2.06 bits per heavy atom. The molecular weight excluding hydrogens is 417 g/mol. The van der Waals surface area contributed by atoms with Crippen molar-refractivity contribution in [2.24, 2.45) is 5.92 Å². The molecule has 0 aromatic heterocycles. The summed E-state index contributed by atoms with van der Waals surface area (Å²) in [5.41, 5.74) is 0.552. The lowest BCUT2D eigenvalue weighted by Gasteiger charge is -2.33. The predicted octanol–water partition coefficient (Wildman–Crippen LogP) is 6.50. The van der Waals surface area contributed by atoms with Crippen LogP contribution in [0.4, 0.5) is 13.2 Å². The van der Waals surface area contributed by atoms with Crippen LogP contribution in [0.1, 0.15) is 40.9 Å². The number of esters is 1. The summed E-state index contributed by atoms with van der Waals surface area (Å²) in [6.45, 7) is 3.58. The summed E-state index contributed by atoms with van der Waals surface area (Å²) in [4.78, 5) is 12.5. The quantitative estimate of drug-likeness (QED) is 0.336. The fraction of sp³-hybridized carbons (Fsp3) is 0.269. The minimum Gasteiger partial charge on any atom is -0.487 e. The first kappa shape index (κ1) is 21.9. The standard InChI is InChI=1S/C26H23F3O3/c1-25(2,20-14-17-8-6-7-9-18(17)15-20)32-23-16-19(12-13-22(23)26(27,28)29)24(30)31-21-10-4-3-5-11-21/h3-13,16,20H,14-15H2,1-2H3. The van der Waals surface area contributed by atoms with Crippen molar-refractivity contribution in [3.05, 3.63) is 95.1 Å². The van der Waals surface area contributed by atoms with Gasteiger partial charge in [0, 0.05) is 5.92 Å². The number of ether oxygens (including phenoxy) is 2. The van der Waals surface area contributed by atoms with Gasteiger partial charge in [-0.25, -0.2) is 4.79 Å². The van der Waals surface area contributed by atoms with Crippen LogP contribution in [0.15, 0.2) is 72.8 Å². The second-order valence-corrected chi connectivity index (χ2v) is 8.49. The van der Waals surface area contributed by atoms with Crippen LogP contribution in [0.25, 0.3) is 0 Å². The van der Waals surface area contributed by atoms with E-state index in [2.05, 4.69) is 0 Å². The Labute approximate surface area is 184 Å². The molecule has 0 bridgehead atoms. The van der Waals surface area contributed by atoms with E-state index in [1.807, 2.05) is 24.3 Å². The van der Waals surface area contributed by atoms with Crippen LogP contribution in [0, 0.1) is 5.92 Å². The fourth-order valence-corrected chi connectivity index (χ4v) is 4.04. The van der Waals surface area contributed by atoms with Crippen LogP contribution in [0.5, 0.6) is 11.5 Å². The van der Waals surface area contributed by atoms with Crippen molar-refractivity contribution >= 4 is 5.97 Å². The van der Waals surface area contributed by atoms with Crippen molar-refractivity contribution < 1.29 is 27.4 Å². The molecule has 1 aliphatic rings. The maximum atomic E-state index is 13.7. The summed E-state index contributed by atoms with van der Waals surface area (Å²) in [6.07, 6.45) is -3.17. The molecule has 32 heavy (non-hydrogen) atoms. The van der Waals surface area contributed by atoms with Crippen molar-refractivity contribution in [3.8, 4) is 11.5 Å². The zero-order chi connectivity index (χ0) is 22.9. The number of benzene rings is 3. The Hall–Kier alpha value is -3.28. The number of hydrogen-bond donors (Lipinski definition) is 0. The van der Waals surface area contributed by atoms with E-state index in [0.717, 1.165) is 31.0 Å². The van der Waals surface area contributed by atoms with Gasteiger partial charge in [-0.1, -0.05) is 42.5 Å². The second-order valence-electron chi connectivity index (χ2n) is 8.49. The summed E-state index contributed by atoms with van der Waals surface area (Å²) in [5, 5.41) is 0. The average molecular weight is 440 g/mol. The third-order valence-electron chi connectivity index (χ3n) is 5.88. The first-order valence-electron chi connectivity index (χ1n) is 10.4. The van der Waals surface area contributed by atoms with Gasteiger partial charge in [0.1, 0.15) is 17.1 Å². The molecule has 0 heterocycles. The number of fused-ring (bicyclic) bond motifs is 1. The number of rotatable bonds is 5. The third kappa shape index (κ3) is 4.64. The molecule has 0 unspecified atom stereocenters. The average Bonchev–Trinajstić information content (AvgIpc) is 3.19. The van der Waals surface area contributed by atoms with Gasteiger partial charge in [-0.3, -0.25) is 0 Å². The summed E-state index contributed by atoms with van der Waals surface area (Å²) in [7, 11) is 0. The lowest BCUT2D eigenvalue weighted by atomic mass is 9.88. The molecule has 4 rings (SSSR count). The van der Waals surface area contributed by atoms with E-state index in [0.29, 0.717) is 5.75 Å². The molecule has 0 saturated carbocycles. The Balaban J connectivity index is 1.61. The maximum absolute atomic E-state index is 13.7. The van der Waals surface area contributed by atoms with E-state index in [1.165, 1.54) is 11.1 Å². The highest BCUT2D eigenvalue weighted by atomic mass is 19.4. The Kier molecular flexibility index (Phi) is 5.71. The Morgan fingerprint density at radius 1 is 0.875 bits per heavy atom. The molecule has 0 amide bonds. The van der Waals surface area contributed by atoms with Crippen LogP contribution < -0.4 is 9.47 Å². The van der Waals surface area contributed by atoms with Crippen LogP contribution in [-0.4, -0.2) is 11.6 Å². The lowest BCUT2D eigenvalue weighted by molar-refractivity contribution is -0.140. The first-order chi connectivity index (χ1) is 15.1. The van der Waals surface area contributed by atoms with Crippen molar-refractivity contribution in [1.29, 1.82) is 0 Å². The first-order valence-corrected chi connectivity index (χ1v) is 10.4. The number of hydrogen-bond acceptors (Lipinski definition) is 3. The van der Waals surface area contributed by atoms with Gasteiger partial charge in [0.05, 0.1) is 11.1 Å². The van der Waals surface area contributed by atoms with Crippen LogP contribution in [-0.2, 0) is 19.0 Å². The number of halogens is 3. The van der Waals surface area contributed by atoms with Crippen molar-refractivity contribution in [2.45, 2.75) is 38.5 Å². The van der Waals surface area contributed by atoms with E-state index in [9.17, 15) is 18.0 Å². The molecule has 166 valence electrons. The van der Waals surface area contributed by atoms with E-state index >= 15 is 0 Å². The van der Waals surface area contributed by atoms with Gasteiger partial charge in [-0.15, -0.1) is 0 Å². The summed E-state index contributed by atoms with van der Waals surface area (Å²) >= 11 is 0. The van der Waals surface area contributed by atoms with Crippen molar-refractivity contribution in [3.63, 3.8) is 0 Å². The van der Waals surface area contributed by atoms with E-state index in [4.69, 9.17) is 9.47 Å². The van der Waals surface area contributed by atoms with E-state index in [-0.39, 0.29) is 17.2 Å². The SMILES string of the molecule is CC(C)(Oc1cc(C(=O)Oc2ccccc2)ccc1C(F)(F)F)C1Cc2ccccc2C1. The largest absolute Gasteiger partial charge is 0.487 e. The zero-order valence-corrected chi connectivity index (χ0v) is 17.8. The normalized spacial score (nSPS) is 14.2. The number of para-hydroxylation sites is 1. The van der Waals surface area contributed by atoms with Gasteiger partial charge in [0.15, 0.2) is 0 Å². The minimum atomic E-state index is -4.62. The van der Waals surface area contributed by atoms with E-state index < -0.39 is 23.3 Å². The topological polar surface area (TPSA) is 35.5 Å². The smallest absolute Gasteiger partial charge is 0.419 e. The van der Waals surface area contributed by atoms with Gasteiger partial charge >= 0.3 is 12.1 Å². The van der Waals surface area contributed by atoms with Gasteiger partial charge in [-0.05, 0) is 68.1 Å². The number of carbonyl (C=O) groups excluding carboxylic acids is 1. The predicted molar refractivity (Wildman–Crippen MR) is 115 cm³/mol. The third-order valence-corrected chi connectivity index (χ3v) is 5.88. The van der Waals surface area contributed by atoms with Gasteiger partial charge in [0.25, 0.3) is 0 Å². The molecule has 6 heteroatoms. The highest BCUT2D eigenvalue weighted by molar-refractivity contribution is 5.91. The van der Waals surface area contributed by atoms with Crippen LogP contribution in [0.3, 0.4) is 0 Å². The molecule has 0 N–H and O–H groups in total. The molecule has 0 saturated heterocycles. The molecule has 0 radical (unpaired) electrons. The van der Waals surface area contributed by atoms with Crippen molar-refractivity contribution in [1.82, 2.24) is 0 Å². The molecule has 1 aliphatic carbocycles. The van der Waals surface area contributed by atoms with Gasteiger partial charge in [0.2, 0.25) is 0 Å². The van der Waals surface area contributed by atoms with Crippen LogP contribution in [0.2, 0.25) is 0 Å². The summed E-state index contributed by atoms with van der Waals surface area (Å²) < 4.78 is 52.4. The summed E-state index contributed by atoms with van der Waals surface area (Å²) in [6, 6.07) is 19.5. The Bertz CT molecular complexity index is 1100. The fourth-order valence-electron chi connectivity index (χ4n) is 4.04. The molecule has 3 aromatic rings. The molecule has 3 nitrogen and oxygen atoms in total. The lowest BCUT2D eigenvalue weighted by Crippen LogP contribution is -2.38. The monoisotopic (exact) mass is 440 g/mol. The van der Waals surface area contributed by atoms with Crippen LogP contribution >= 0.6 is 0 Å². The Morgan fingerprint density at radius 2 is 1.47 bits per heavy atom. The van der Waals surface area contributed by atoms with Gasteiger partial charge < -0.3 is 9.47 Å². The maximum Gasteiger partial charge on any atom is 0.419 e. The second kappa shape index (κ2) is 8.34. The summed E-state index contributed by atoms with van der Waals surface area (Å²) in [5.74, 6) is -0.813. The molecule has 0 spiro atoms. The van der Waals surface area contributed by atoms with E-state index in [1.54, 1.807) is 44.2 Å². The molecular formula is C26H23F3O3. The van der Waals surface area contributed by atoms with Gasteiger partial charge in [-0.2, -0.15) is 13.2 Å². The minimum absolute atomic E-state index is 0.000843. The highest BCUT2D eigenvalue weighted by Crippen LogP contribution is 2.41. The molecule has 0 atom stereocenters. The molecule has 0 fully saturated rings. The molecule has 0 aliphatic heterocycles. The highest BCUT2D eigenvalue weighted by Gasteiger charge is 2.40. The van der Waals surface area contributed by atoms with Crippen molar-refractivity contribution in [2.75, 3.05) is 0 Å². The molecule has 3 aromatic carbocycles.